The van der Waals surface area contributed by atoms with E-state index in [-0.39, 0.29) is 5.91 Å². The molecule has 6 heteroatoms. The number of hydrogen-bond acceptors (Lipinski definition) is 5. The molecule has 3 heterocycles. The predicted molar refractivity (Wildman–Crippen MR) is 95.3 cm³/mol. The van der Waals surface area contributed by atoms with E-state index in [4.69, 9.17) is 4.98 Å². The molecule has 0 spiro atoms. The smallest absolute Gasteiger partial charge is 0.221 e. The van der Waals surface area contributed by atoms with Crippen molar-refractivity contribution < 1.29 is 4.79 Å². The van der Waals surface area contributed by atoms with Crippen LogP contribution in [0.2, 0.25) is 0 Å². The average molecular weight is 331 g/mol. The van der Waals surface area contributed by atoms with E-state index in [9.17, 15) is 4.79 Å². The number of hydrogen-bond donors (Lipinski definition) is 1. The molecule has 1 atom stereocenters. The molecule has 3 rings (SSSR count). The highest BCUT2D eigenvalue weighted by atomic mass is 16.1. The summed E-state index contributed by atoms with van der Waals surface area (Å²) in [7, 11) is 1.70. The zero-order valence-corrected chi connectivity index (χ0v) is 14.9. The molecule has 1 aromatic heterocycles. The van der Waals surface area contributed by atoms with Gasteiger partial charge in [0, 0.05) is 51.6 Å². The second-order valence-corrected chi connectivity index (χ2v) is 6.96. The molecule has 1 N–H and O–H groups in total. The molecule has 0 aliphatic carbocycles. The summed E-state index contributed by atoms with van der Waals surface area (Å²) in [5, 5.41) is 2.70. The van der Waals surface area contributed by atoms with Crippen LogP contribution in [0.4, 0.5) is 5.82 Å². The molecule has 0 bridgehead atoms. The van der Waals surface area contributed by atoms with E-state index < -0.39 is 0 Å². The fourth-order valence-corrected chi connectivity index (χ4v) is 3.78. The van der Waals surface area contributed by atoms with Gasteiger partial charge in [-0.05, 0) is 39.2 Å². The van der Waals surface area contributed by atoms with Crippen molar-refractivity contribution in [3.05, 3.63) is 17.6 Å². The van der Waals surface area contributed by atoms with E-state index in [1.807, 2.05) is 6.92 Å². The van der Waals surface area contributed by atoms with Gasteiger partial charge < -0.3 is 15.1 Å². The summed E-state index contributed by atoms with van der Waals surface area (Å²) in [5.74, 6) is 2.53. The third-order valence-corrected chi connectivity index (χ3v) is 5.13. The van der Waals surface area contributed by atoms with Crippen molar-refractivity contribution in [1.82, 2.24) is 20.2 Å². The van der Waals surface area contributed by atoms with Crippen LogP contribution in [-0.4, -0.2) is 60.5 Å². The molecule has 2 aliphatic heterocycles. The summed E-state index contributed by atoms with van der Waals surface area (Å²) in [6.45, 7) is 7.12. The first-order valence-electron chi connectivity index (χ1n) is 9.19. The third-order valence-electron chi connectivity index (χ3n) is 5.13. The number of likely N-dealkylation sites (tertiary alicyclic amines) is 1. The summed E-state index contributed by atoms with van der Waals surface area (Å²) in [4.78, 5) is 25.6. The van der Waals surface area contributed by atoms with Gasteiger partial charge in [-0.2, -0.15) is 0 Å². The van der Waals surface area contributed by atoms with E-state index in [0.29, 0.717) is 12.3 Å². The van der Waals surface area contributed by atoms with Crippen molar-refractivity contribution in [2.45, 2.75) is 44.9 Å². The van der Waals surface area contributed by atoms with Gasteiger partial charge in [-0.3, -0.25) is 4.79 Å². The maximum Gasteiger partial charge on any atom is 0.221 e. The topological polar surface area (TPSA) is 61.4 Å². The normalized spacial score (nSPS) is 21.9. The fraction of sp³-hybridized carbons (Fsp3) is 0.722. The first kappa shape index (κ1) is 17.1. The quantitative estimate of drug-likeness (QED) is 0.890. The van der Waals surface area contributed by atoms with Crippen molar-refractivity contribution in [3.8, 4) is 0 Å². The minimum absolute atomic E-state index is 0.117. The monoisotopic (exact) mass is 331 g/mol. The van der Waals surface area contributed by atoms with Crippen molar-refractivity contribution >= 4 is 11.7 Å². The van der Waals surface area contributed by atoms with Gasteiger partial charge in [0.25, 0.3) is 0 Å². The summed E-state index contributed by atoms with van der Waals surface area (Å²) in [6, 6.07) is 2.20. The Morgan fingerprint density at radius 1 is 1.25 bits per heavy atom. The lowest BCUT2D eigenvalue weighted by atomic mass is 9.94. The fourth-order valence-electron chi connectivity index (χ4n) is 3.78. The van der Waals surface area contributed by atoms with Gasteiger partial charge in [0.2, 0.25) is 5.91 Å². The minimum Gasteiger partial charge on any atom is -0.359 e. The van der Waals surface area contributed by atoms with Crippen LogP contribution in [0.5, 0.6) is 0 Å². The Labute approximate surface area is 144 Å². The number of aromatic nitrogens is 2. The van der Waals surface area contributed by atoms with Crippen molar-refractivity contribution in [2.24, 2.45) is 0 Å². The van der Waals surface area contributed by atoms with Crippen molar-refractivity contribution in [1.29, 1.82) is 0 Å². The molecule has 2 saturated heterocycles. The Balaban J connectivity index is 1.67. The molecule has 0 saturated carbocycles. The lowest BCUT2D eigenvalue weighted by molar-refractivity contribution is -0.121. The molecule has 132 valence electrons. The van der Waals surface area contributed by atoms with Gasteiger partial charge >= 0.3 is 0 Å². The highest BCUT2D eigenvalue weighted by molar-refractivity contribution is 5.75. The number of aryl methyl sites for hydroxylation is 1. The van der Waals surface area contributed by atoms with E-state index >= 15 is 0 Å². The molecular weight excluding hydrogens is 302 g/mol. The van der Waals surface area contributed by atoms with Gasteiger partial charge in [0.05, 0.1) is 5.69 Å². The molecule has 0 unspecified atom stereocenters. The van der Waals surface area contributed by atoms with Gasteiger partial charge in [-0.25, -0.2) is 9.97 Å². The minimum atomic E-state index is 0.117. The number of nitrogens with zero attached hydrogens (tertiary/aromatic N) is 4. The number of carbonyl (C=O) groups excluding carboxylic acids is 1. The van der Waals surface area contributed by atoms with Crippen LogP contribution >= 0.6 is 0 Å². The van der Waals surface area contributed by atoms with Gasteiger partial charge in [0.15, 0.2) is 0 Å². The Kier molecular flexibility index (Phi) is 5.66. The number of amides is 1. The van der Waals surface area contributed by atoms with E-state index in [0.717, 1.165) is 44.4 Å². The van der Waals surface area contributed by atoms with Crippen LogP contribution < -0.4 is 10.2 Å². The summed E-state index contributed by atoms with van der Waals surface area (Å²) < 4.78 is 0. The van der Waals surface area contributed by atoms with Crippen LogP contribution in [0.3, 0.4) is 0 Å². The summed E-state index contributed by atoms with van der Waals surface area (Å²) in [5.41, 5.74) is 1.18. The zero-order chi connectivity index (χ0) is 16.9. The van der Waals surface area contributed by atoms with Crippen molar-refractivity contribution in [2.75, 3.05) is 44.7 Å². The van der Waals surface area contributed by atoms with Crippen LogP contribution in [0.15, 0.2) is 6.07 Å². The average Bonchev–Trinajstić information content (AvgIpc) is 3.14. The molecule has 0 radical (unpaired) electrons. The van der Waals surface area contributed by atoms with Crippen LogP contribution in [0.1, 0.15) is 49.5 Å². The third kappa shape index (κ3) is 4.23. The predicted octanol–water partition coefficient (Wildman–Crippen LogP) is 1.70. The summed E-state index contributed by atoms with van der Waals surface area (Å²) in [6.07, 6.45) is 5.43. The molecule has 1 amide bonds. The largest absolute Gasteiger partial charge is 0.359 e. The number of anilines is 1. The molecule has 6 nitrogen and oxygen atoms in total. The highest BCUT2D eigenvalue weighted by Gasteiger charge is 2.24. The summed E-state index contributed by atoms with van der Waals surface area (Å²) >= 11 is 0. The maximum absolute atomic E-state index is 11.5. The lowest BCUT2D eigenvalue weighted by Gasteiger charge is -2.32. The molecule has 24 heavy (non-hydrogen) atoms. The number of nitrogens with one attached hydrogen (secondary N) is 1. The number of rotatable bonds is 5. The lowest BCUT2D eigenvalue weighted by Crippen LogP contribution is -2.37. The van der Waals surface area contributed by atoms with Crippen LogP contribution in [-0.2, 0) is 4.79 Å². The zero-order valence-electron chi connectivity index (χ0n) is 14.9. The Morgan fingerprint density at radius 2 is 2.04 bits per heavy atom. The number of carbonyl (C=O) groups is 1. The molecule has 0 aromatic carbocycles. The van der Waals surface area contributed by atoms with Gasteiger partial charge in [-0.15, -0.1) is 0 Å². The SMILES string of the molecule is CNC(=O)CCN1CCC[C@@H](c2cc(N3CCCC3)nc(C)n2)C1. The molecule has 1 aromatic rings. The Hall–Kier alpha value is -1.69. The highest BCUT2D eigenvalue weighted by Crippen LogP contribution is 2.28. The van der Waals surface area contributed by atoms with E-state index in [2.05, 4.69) is 26.2 Å². The van der Waals surface area contributed by atoms with Gasteiger partial charge in [-0.1, -0.05) is 0 Å². The van der Waals surface area contributed by atoms with E-state index in [1.165, 1.54) is 31.4 Å². The van der Waals surface area contributed by atoms with Crippen LogP contribution in [0.25, 0.3) is 0 Å². The number of piperidine rings is 1. The van der Waals surface area contributed by atoms with Crippen molar-refractivity contribution in [3.63, 3.8) is 0 Å². The van der Waals surface area contributed by atoms with E-state index in [1.54, 1.807) is 7.05 Å². The Morgan fingerprint density at radius 3 is 2.79 bits per heavy atom. The maximum atomic E-state index is 11.5. The first-order chi connectivity index (χ1) is 11.7. The van der Waals surface area contributed by atoms with Gasteiger partial charge in [0.1, 0.15) is 11.6 Å². The molecular formula is C18H29N5O. The molecule has 2 aliphatic rings. The molecule has 2 fully saturated rings. The van der Waals surface area contributed by atoms with Crippen LogP contribution in [0, 0.1) is 6.92 Å². The standard InChI is InChI=1S/C18H29N5O/c1-14-20-16(12-17(21-14)23-9-3-4-10-23)15-6-5-8-22(13-15)11-7-18(24)19-2/h12,15H,3-11,13H2,1-2H3,(H,19,24)/t15-/m1/s1. The Bertz CT molecular complexity index is 571. The second-order valence-electron chi connectivity index (χ2n) is 6.96. The first-order valence-corrected chi connectivity index (χ1v) is 9.19. The second kappa shape index (κ2) is 7.92.